The minimum Gasteiger partial charge on any atom is -0.497 e. The van der Waals surface area contributed by atoms with E-state index < -0.39 is 0 Å². The van der Waals surface area contributed by atoms with Crippen molar-refractivity contribution in [3.8, 4) is 5.75 Å². The number of hydrogen-bond donors (Lipinski definition) is 0. The standard InChI is InChI=1S/C15H12BrClO2/c1-19-12-5-2-10(3-6-12)8-15(18)13-7-4-11(17)9-14(13)16/h2-7,9H,8H2,1H3. The molecule has 0 saturated heterocycles. The molecule has 0 amide bonds. The number of carbonyl (C=O) groups is 1. The summed E-state index contributed by atoms with van der Waals surface area (Å²) in [5.74, 6) is 0.831. The van der Waals surface area contributed by atoms with E-state index in [0.717, 1.165) is 15.8 Å². The van der Waals surface area contributed by atoms with Gasteiger partial charge >= 0.3 is 0 Å². The van der Waals surface area contributed by atoms with Crippen LogP contribution in [-0.4, -0.2) is 12.9 Å². The summed E-state index contributed by atoms with van der Waals surface area (Å²) >= 11 is 9.22. The average Bonchev–Trinajstić information content (AvgIpc) is 2.39. The van der Waals surface area contributed by atoms with Gasteiger partial charge in [0.25, 0.3) is 0 Å². The molecular formula is C15H12BrClO2. The molecule has 0 aliphatic heterocycles. The molecule has 98 valence electrons. The van der Waals surface area contributed by atoms with Crippen molar-refractivity contribution < 1.29 is 9.53 Å². The van der Waals surface area contributed by atoms with Crippen LogP contribution in [0.25, 0.3) is 0 Å². The van der Waals surface area contributed by atoms with Gasteiger partial charge in [-0.05, 0) is 51.8 Å². The summed E-state index contributed by atoms with van der Waals surface area (Å²) in [5.41, 5.74) is 1.59. The number of hydrogen-bond acceptors (Lipinski definition) is 2. The van der Waals surface area contributed by atoms with Gasteiger partial charge in [-0.25, -0.2) is 0 Å². The summed E-state index contributed by atoms with van der Waals surface area (Å²) in [6.07, 6.45) is 0.351. The minimum atomic E-state index is 0.0497. The molecule has 0 fully saturated rings. The van der Waals surface area contributed by atoms with Crippen molar-refractivity contribution in [3.63, 3.8) is 0 Å². The topological polar surface area (TPSA) is 26.3 Å². The smallest absolute Gasteiger partial charge is 0.168 e. The highest BCUT2D eigenvalue weighted by atomic mass is 79.9. The van der Waals surface area contributed by atoms with Crippen LogP contribution >= 0.6 is 27.5 Å². The number of rotatable bonds is 4. The van der Waals surface area contributed by atoms with Crippen molar-refractivity contribution in [3.05, 3.63) is 63.1 Å². The number of halogens is 2. The maximum absolute atomic E-state index is 12.2. The van der Waals surface area contributed by atoms with Crippen molar-refractivity contribution >= 4 is 33.3 Å². The van der Waals surface area contributed by atoms with Gasteiger partial charge in [0.1, 0.15) is 5.75 Å². The second-order valence-electron chi connectivity index (χ2n) is 4.07. The van der Waals surface area contributed by atoms with Crippen LogP contribution in [0.2, 0.25) is 5.02 Å². The first-order valence-electron chi connectivity index (χ1n) is 5.71. The van der Waals surface area contributed by atoms with E-state index in [1.165, 1.54) is 0 Å². The van der Waals surface area contributed by atoms with Gasteiger partial charge in [0, 0.05) is 21.5 Å². The molecule has 2 aromatic carbocycles. The monoisotopic (exact) mass is 338 g/mol. The molecule has 2 aromatic rings. The van der Waals surface area contributed by atoms with Crippen molar-refractivity contribution in [1.29, 1.82) is 0 Å². The molecule has 0 radical (unpaired) electrons. The first-order chi connectivity index (χ1) is 9.10. The van der Waals surface area contributed by atoms with Crippen molar-refractivity contribution in [2.24, 2.45) is 0 Å². The summed E-state index contributed by atoms with van der Waals surface area (Å²) in [6.45, 7) is 0. The van der Waals surface area contributed by atoms with E-state index in [-0.39, 0.29) is 5.78 Å². The van der Waals surface area contributed by atoms with E-state index in [1.54, 1.807) is 25.3 Å². The number of Topliss-reactive ketones (excluding diaryl/α,β-unsaturated/α-hetero) is 1. The van der Waals surface area contributed by atoms with Gasteiger partial charge in [0.05, 0.1) is 7.11 Å². The van der Waals surface area contributed by atoms with Gasteiger partial charge in [0.15, 0.2) is 5.78 Å². The second kappa shape index (κ2) is 6.22. The van der Waals surface area contributed by atoms with Crippen molar-refractivity contribution in [1.82, 2.24) is 0 Å². The summed E-state index contributed by atoms with van der Waals surface area (Å²) in [6, 6.07) is 12.6. The molecule has 19 heavy (non-hydrogen) atoms. The van der Waals surface area contributed by atoms with Crippen LogP contribution in [0.5, 0.6) is 5.75 Å². The Morgan fingerprint density at radius 2 is 1.89 bits per heavy atom. The summed E-state index contributed by atoms with van der Waals surface area (Å²) < 4.78 is 5.80. The normalized spacial score (nSPS) is 10.3. The number of ether oxygens (including phenoxy) is 1. The van der Waals surface area contributed by atoms with Crippen LogP contribution in [-0.2, 0) is 6.42 Å². The predicted molar refractivity (Wildman–Crippen MR) is 80.2 cm³/mol. The molecule has 0 heterocycles. The van der Waals surface area contributed by atoms with Gasteiger partial charge in [-0.15, -0.1) is 0 Å². The third-order valence-electron chi connectivity index (χ3n) is 2.76. The molecule has 2 nitrogen and oxygen atoms in total. The maximum Gasteiger partial charge on any atom is 0.168 e. The van der Waals surface area contributed by atoms with Gasteiger partial charge < -0.3 is 4.74 Å². The Bertz CT molecular complexity index is 594. The zero-order valence-corrected chi connectivity index (χ0v) is 12.7. The number of ketones is 1. The zero-order valence-electron chi connectivity index (χ0n) is 10.3. The van der Waals surface area contributed by atoms with Crippen LogP contribution in [0.4, 0.5) is 0 Å². The first kappa shape index (κ1) is 14.1. The van der Waals surface area contributed by atoms with E-state index in [4.69, 9.17) is 16.3 Å². The third kappa shape index (κ3) is 3.58. The van der Waals surface area contributed by atoms with E-state index in [1.807, 2.05) is 24.3 Å². The van der Waals surface area contributed by atoms with Crippen LogP contribution < -0.4 is 4.74 Å². The van der Waals surface area contributed by atoms with Gasteiger partial charge in [0.2, 0.25) is 0 Å². The predicted octanol–water partition coefficient (Wildman–Crippen LogP) is 4.54. The Balaban J connectivity index is 2.15. The molecular weight excluding hydrogens is 328 g/mol. The lowest BCUT2D eigenvalue weighted by Gasteiger charge is -2.05. The average molecular weight is 340 g/mol. The zero-order chi connectivity index (χ0) is 13.8. The molecule has 0 N–H and O–H groups in total. The van der Waals surface area contributed by atoms with Gasteiger partial charge in [-0.3, -0.25) is 4.79 Å². The highest BCUT2D eigenvalue weighted by Gasteiger charge is 2.11. The van der Waals surface area contributed by atoms with Crippen molar-refractivity contribution in [2.45, 2.75) is 6.42 Å². The summed E-state index contributed by atoms with van der Waals surface area (Å²) in [5, 5.41) is 0.605. The Morgan fingerprint density at radius 1 is 1.21 bits per heavy atom. The van der Waals surface area contributed by atoms with E-state index in [9.17, 15) is 4.79 Å². The van der Waals surface area contributed by atoms with Crippen LogP contribution in [0, 0.1) is 0 Å². The fourth-order valence-electron chi connectivity index (χ4n) is 1.74. The molecule has 0 saturated carbocycles. The molecule has 0 spiro atoms. The lowest BCUT2D eigenvalue weighted by atomic mass is 10.0. The second-order valence-corrected chi connectivity index (χ2v) is 5.36. The molecule has 2 rings (SSSR count). The lowest BCUT2D eigenvalue weighted by Crippen LogP contribution is -2.04. The lowest BCUT2D eigenvalue weighted by molar-refractivity contribution is 0.0992. The van der Waals surface area contributed by atoms with E-state index in [2.05, 4.69) is 15.9 Å². The largest absolute Gasteiger partial charge is 0.497 e. The molecule has 0 aliphatic carbocycles. The number of carbonyl (C=O) groups excluding carboxylic acids is 1. The number of benzene rings is 2. The fraction of sp³-hybridized carbons (Fsp3) is 0.133. The molecule has 0 aliphatic rings. The quantitative estimate of drug-likeness (QED) is 0.765. The molecule has 0 aromatic heterocycles. The Labute approximate surface area is 125 Å². The highest BCUT2D eigenvalue weighted by molar-refractivity contribution is 9.10. The summed E-state index contributed by atoms with van der Waals surface area (Å²) in [4.78, 5) is 12.2. The van der Waals surface area contributed by atoms with Gasteiger partial charge in [-0.1, -0.05) is 23.7 Å². The van der Waals surface area contributed by atoms with Crippen LogP contribution in [0.1, 0.15) is 15.9 Å². The fourth-order valence-corrected chi connectivity index (χ4v) is 2.64. The Hall–Kier alpha value is -1.32. The molecule has 0 bridgehead atoms. The Morgan fingerprint density at radius 3 is 2.47 bits per heavy atom. The summed E-state index contributed by atoms with van der Waals surface area (Å²) in [7, 11) is 1.62. The molecule has 0 atom stereocenters. The van der Waals surface area contributed by atoms with Gasteiger partial charge in [-0.2, -0.15) is 0 Å². The van der Waals surface area contributed by atoms with Crippen LogP contribution in [0.15, 0.2) is 46.9 Å². The van der Waals surface area contributed by atoms with E-state index in [0.29, 0.717) is 17.0 Å². The molecule has 0 unspecified atom stereocenters. The highest BCUT2D eigenvalue weighted by Crippen LogP contribution is 2.23. The molecule has 4 heteroatoms. The Kier molecular flexibility index (Phi) is 4.61. The van der Waals surface area contributed by atoms with Crippen molar-refractivity contribution in [2.75, 3.05) is 7.11 Å². The van der Waals surface area contributed by atoms with E-state index >= 15 is 0 Å². The van der Waals surface area contributed by atoms with Crippen LogP contribution in [0.3, 0.4) is 0 Å². The number of methoxy groups -OCH3 is 1. The first-order valence-corrected chi connectivity index (χ1v) is 6.88. The minimum absolute atomic E-state index is 0.0497. The SMILES string of the molecule is COc1ccc(CC(=O)c2ccc(Cl)cc2Br)cc1. The third-order valence-corrected chi connectivity index (χ3v) is 3.65. The maximum atomic E-state index is 12.2.